The normalized spacial score (nSPS) is 19.3. The number of carbonyl (C=O) groups excluding carboxylic acids is 2. The highest BCUT2D eigenvalue weighted by molar-refractivity contribution is 5.79. The number of ether oxygens (including phenoxy) is 1. The Morgan fingerprint density at radius 1 is 1.10 bits per heavy atom. The van der Waals surface area contributed by atoms with Gasteiger partial charge >= 0.3 is 12.1 Å². The highest BCUT2D eigenvalue weighted by atomic mass is 19.4. The van der Waals surface area contributed by atoms with E-state index in [9.17, 15) is 22.8 Å². The second kappa shape index (κ2) is 8.98. The molecule has 0 N–H and O–H groups in total. The van der Waals surface area contributed by atoms with Crippen LogP contribution in [0, 0.1) is 5.92 Å². The molecule has 0 bridgehead atoms. The standard InChI is InChI=1S/C19H25F3N4O3/c1-29-18(28)14-4-6-26(7-5-14)17(27)13-24-8-10-25(11-9-24)16-3-2-15(12-23-16)19(20,21)22/h2-3,12,14H,4-11,13H2,1H3. The fraction of sp³-hybridized carbons (Fsp3) is 0.632. The minimum Gasteiger partial charge on any atom is -0.469 e. The molecule has 0 aliphatic carbocycles. The molecule has 0 spiro atoms. The zero-order valence-electron chi connectivity index (χ0n) is 16.3. The fourth-order valence-electron chi connectivity index (χ4n) is 3.70. The molecule has 10 heteroatoms. The van der Waals surface area contributed by atoms with Crippen LogP contribution in [0.25, 0.3) is 0 Å². The number of anilines is 1. The maximum atomic E-state index is 12.6. The van der Waals surface area contributed by atoms with Gasteiger partial charge in [0.25, 0.3) is 0 Å². The molecule has 2 aliphatic rings. The number of rotatable bonds is 4. The molecule has 0 unspecified atom stereocenters. The third-order valence-electron chi connectivity index (χ3n) is 5.51. The van der Waals surface area contributed by atoms with Gasteiger partial charge in [-0.25, -0.2) is 4.98 Å². The van der Waals surface area contributed by atoms with E-state index in [-0.39, 0.29) is 17.8 Å². The van der Waals surface area contributed by atoms with Gasteiger partial charge < -0.3 is 14.5 Å². The van der Waals surface area contributed by atoms with E-state index in [1.165, 1.54) is 13.2 Å². The predicted octanol–water partition coefficient (Wildman–Crippen LogP) is 1.63. The van der Waals surface area contributed by atoms with Gasteiger partial charge in [0, 0.05) is 45.5 Å². The minimum atomic E-state index is -4.39. The summed E-state index contributed by atoms with van der Waals surface area (Å²) in [5, 5.41) is 0. The Morgan fingerprint density at radius 2 is 1.76 bits per heavy atom. The van der Waals surface area contributed by atoms with Crippen molar-refractivity contribution in [2.45, 2.75) is 19.0 Å². The first-order valence-electron chi connectivity index (χ1n) is 9.64. The van der Waals surface area contributed by atoms with Crippen molar-refractivity contribution in [3.63, 3.8) is 0 Å². The van der Waals surface area contributed by atoms with Gasteiger partial charge in [0.15, 0.2) is 0 Å². The number of halogens is 3. The summed E-state index contributed by atoms with van der Waals surface area (Å²) in [6.07, 6.45) is -2.31. The molecule has 1 aromatic heterocycles. The average molecular weight is 414 g/mol. The molecular formula is C19H25F3N4O3. The van der Waals surface area contributed by atoms with Gasteiger partial charge in [0.05, 0.1) is 25.1 Å². The topological polar surface area (TPSA) is 66.0 Å². The number of carbonyl (C=O) groups is 2. The SMILES string of the molecule is COC(=O)C1CCN(C(=O)CN2CCN(c3ccc(C(F)(F)F)cn3)CC2)CC1. The first-order chi connectivity index (χ1) is 13.8. The molecule has 1 amide bonds. The molecule has 2 fully saturated rings. The van der Waals surface area contributed by atoms with Gasteiger partial charge in [-0.05, 0) is 25.0 Å². The average Bonchev–Trinajstić information content (AvgIpc) is 2.73. The molecule has 29 heavy (non-hydrogen) atoms. The van der Waals surface area contributed by atoms with Crippen LogP contribution in [-0.4, -0.2) is 79.6 Å². The van der Waals surface area contributed by atoms with Crippen LogP contribution in [0.4, 0.5) is 19.0 Å². The molecule has 2 aliphatic heterocycles. The van der Waals surface area contributed by atoms with Crippen LogP contribution in [0.3, 0.4) is 0 Å². The Hall–Kier alpha value is -2.36. The zero-order valence-corrected chi connectivity index (χ0v) is 16.3. The quantitative estimate of drug-likeness (QED) is 0.698. The second-order valence-corrected chi connectivity index (χ2v) is 7.34. The summed E-state index contributed by atoms with van der Waals surface area (Å²) in [4.78, 5) is 33.8. The van der Waals surface area contributed by atoms with Crippen molar-refractivity contribution in [3.8, 4) is 0 Å². The van der Waals surface area contributed by atoms with Crippen LogP contribution in [0.5, 0.6) is 0 Å². The molecule has 0 atom stereocenters. The van der Waals surface area contributed by atoms with E-state index in [1.807, 2.05) is 9.80 Å². The number of hydrogen-bond donors (Lipinski definition) is 0. The molecule has 0 radical (unpaired) electrons. The predicted molar refractivity (Wildman–Crippen MR) is 99.2 cm³/mol. The molecule has 7 nitrogen and oxygen atoms in total. The van der Waals surface area contributed by atoms with Gasteiger partial charge in [0.2, 0.25) is 5.91 Å². The number of piperazine rings is 1. The van der Waals surface area contributed by atoms with Crippen molar-refractivity contribution >= 4 is 17.7 Å². The minimum absolute atomic E-state index is 0.0365. The monoisotopic (exact) mass is 414 g/mol. The van der Waals surface area contributed by atoms with Crippen LogP contribution in [-0.2, 0) is 20.5 Å². The van der Waals surface area contributed by atoms with Gasteiger partial charge in [-0.2, -0.15) is 13.2 Å². The molecule has 2 saturated heterocycles. The Labute approximate surface area is 167 Å². The molecule has 1 aromatic rings. The first kappa shape index (κ1) is 21.4. The number of pyridine rings is 1. The molecule has 3 heterocycles. The summed E-state index contributed by atoms with van der Waals surface area (Å²) in [6, 6.07) is 2.42. The molecule has 160 valence electrons. The van der Waals surface area contributed by atoms with Crippen molar-refractivity contribution < 1.29 is 27.5 Å². The summed E-state index contributed by atoms with van der Waals surface area (Å²) in [6.45, 7) is 3.85. The maximum absolute atomic E-state index is 12.6. The van der Waals surface area contributed by atoms with Gasteiger partial charge in [-0.3, -0.25) is 14.5 Å². The number of amides is 1. The van der Waals surface area contributed by atoms with E-state index in [0.717, 1.165) is 12.3 Å². The number of alkyl halides is 3. The summed E-state index contributed by atoms with van der Waals surface area (Å²) >= 11 is 0. The van der Waals surface area contributed by atoms with E-state index in [4.69, 9.17) is 4.74 Å². The number of aromatic nitrogens is 1. The van der Waals surface area contributed by atoms with E-state index in [2.05, 4.69) is 4.98 Å². The van der Waals surface area contributed by atoms with Crippen LogP contribution in [0.1, 0.15) is 18.4 Å². The number of likely N-dealkylation sites (tertiary alicyclic amines) is 1. The Balaban J connectivity index is 1.44. The molecule has 0 saturated carbocycles. The number of piperidine rings is 1. The molecule has 0 aromatic carbocycles. The lowest BCUT2D eigenvalue weighted by molar-refractivity contribution is -0.149. The van der Waals surface area contributed by atoms with Crippen LogP contribution < -0.4 is 4.90 Å². The lowest BCUT2D eigenvalue weighted by atomic mass is 9.97. The molecule has 3 rings (SSSR count). The smallest absolute Gasteiger partial charge is 0.417 e. The number of esters is 1. The highest BCUT2D eigenvalue weighted by Gasteiger charge is 2.31. The lowest BCUT2D eigenvalue weighted by Gasteiger charge is -2.37. The van der Waals surface area contributed by atoms with Crippen molar-refractivity contribution in [1.82, 2.24) is 14.8 Å². The first-order valence-corrected chi connectivity index (χ1v) is 9.64. The Morgan fingerprint density at radius 3 is 2.28 bits per heavy atom. The van der Waals surface area contributed by atoms with E-state index < -0.39 is 11.7 Å². The van der Waals surface area contributed by atoms with Crippen molar-refractivity contribution in [2.75, 3.05) is 57.8 Å². The highest BCUT2D eigenvalue weighted by Crippen LogP contribution is 2.29. The van der Waals surface area contributed by atoms with Crippen molar-refractivity contribution in [2.24, 2.45) is 5.92 Å². The summed E-state index contributed by atoms with van der Waals surface area (Å²) in [7, 11) is 1.37. The molecular weight excluding hydrogens is 389 g/mol. The number of methoxy groups -OCH3 is 1. The van der Waals surface area contributed by atoms with E-state index in [1.54, 1.807) is 4.90 Å². The van der Waals surface area contributed by atoms with Crippen LogP contribution in [0.2, 0.25) is 0 Å². The largest absolute Gasteiger partial charge is 0.469 e. The van der Waals surface area contributed by atoms with Crippen LogP contribution >= 0.6 is 0 Å². The Bertz CT molecular complexity index is 710. The summed E-state index contributed by atoms with van der Waals surface area (Å²) in [5.74, 6) is 0.192. The van der Waals surface area contributed by atoms with Gasteiger partial charge in [-0.1, -0.05) is 0 Å². The lowest BCUT2D eigenvalue weighted by Crippen LogP contribution is -2.51. The summed E-state index contributed by atoms with van der Waals surface area (Å²) in [5.41, 5.74) is -0.763. The zero-order chi connectivity index (χ0) is 21.0. The fourth-order valence-corrected chi connectivity index (χ4v) is 3.70. The number of nitrogens with zero attached hydrogens (tertiary/aromatic N) is 4. The van der Waals surface area contributed by atoms with Crippen molar-refractivity contribution in [3.05, 3.63) is 23.9 Å². The van der Waals surface area contributed by atoms with Crippen molar-refractivity contribution in [1.29, 1.82) is 0 Å². The Kier molecular flexibility index (Phi) is 6.61. The third kappa shape index (κ3) is 5.37. The van der Waals surface area contributed by atoms with E-state index >= 15 is 0 Å². The van der Waals surface area contributed by atoms with Crippen LogP contribution in [0.15, 0.2) is 18.3 Å². The second-order valence-electron chi connectivity index (χ2n) is 7.34. The van der Waals surface area contributed by atoms with Gasteiger partial charge in [0.1, 0.15) is 5.82 Å². The van der Waals surface area contributed by atoms with E-state index in [0.29, 0.717) is 64.5 Å². The number of hydrogen-bond acceptors (Lipinski definition) is 6. The van der Waals surface area contributed by atoms with Gasteiger partial charge in [-0.15, -0.1) is 0 Å². The maximum Gasteiger partial charge on any atom is 0.417 e. The summed E-state index contributed by atoms with van der Waals surface area (Å²) < 4.78 is 42.7. The third-order valence-corrected chi connectivity index (χ3v) is 5.51.